The van der Waals surface area contributed by atoms with Gasteiger partial charge in [-0.3, -0.25) is 0 Å². The Morgan fingerprint density at radius 2 is 2.17 bits per heavy atom. The lowest BCUT2D eigenvalue weighted by molar-refractivity contribution is 0.0690. The standard InChI is InChI=1S/C8H6FIO2/c1-4-2-3-5(10)6(7(4)9)8(11)12/h2-3H,1H3,(H,11,12). The molecule has 0 aliphatic carbocycles. The Morgan fingerprint density at radius 3 is 2.58 bits per heavy atom. The quantitative estimate of drug-likeness (QED) is 0.802. The fraction of sp³-hybridized carbons (Fsp3) is 0.125. The third kappa shape index (κ3) is 1.57. The number of carbonyl (C=O) groups is 1. The summed E-state index contributed by atoms with van der Waals surface area (Å²) < 4.78 is 13.5. The molecule has 0 fully saturated rings. The van der Waals surface area contributed by atoms with Crippen LogP contribution in [0.25, 0.3) is 0 Å². The molecule has 0 radical (unpaired) electrons. The number of benzene rings is 1. The first-order chi connectivity index (χ1) is 5.54. The van der Waals surface area contributed by atoms with Crippen molar-refractivity contribution in [2.45, 2.75) is 6.92 Å². The molecule has 2 nitrogen and oxygen atoms in total. The molecule has 0 atom stereocenters. The van der Waals surface area contributed by atoms with E-state index >= 15 is 0 Å². The summed E-state index contributed by atoms with van der Waals surface area (Å²) >= 11 is 1.80. The maximum absolute atomic E-state index is 13.1. The average molecular weight is 280 g/mol. The molecular formula is C8H6FIO2. The van der Waals surface area contributed by atoms with Crippen LogP contribution in [0.4, 0.5) is 4.39 Å². The minimum absolute atomic E-state index is 0.240. The number of carboxylic acids is 1. The molecule has 0 aliphatic heterocycles. The molecule has 0 spiro atoms. The van der Waals surface area contributed by atoms with E-state index in [1.54, 1.807) is 34.7 Å². The summed E-state index contributed by atoms with van der Waals surface area (Å²) in [5, 5.41) is 8.63. The van der Waals surface area contributed by atoms with Crippen LogP contribution in [-0.4, -0.2) is 11.1 Å². The number of hydrogen-bond donors (Lipinski definition) is 1. The van der Waals surface area contributed by atoms with E-state index in [4.69, 9.17) is 5.11 Å². The number of carboxylic acid groups (broad SMARTS) is 1. The monoisotopic (exact) mass is 280 g/mol. The Bertz CT molecular complexity index is 336. The lowest BCUT2D eigenvalue weighted by atomic mass is 10.1. The van der Waals surface area contributed by atoms with Crippen molar-refractivity contribution in [3.8, 4) is 0 Å². The summed E-state index contributed by atoms with van der Waals surface area (Å²) in [7, 11) is 0. The molecule has 0 aliphatic rings. The van der Waals surface area contributed by atoms with Gasteiger partial charge in [0.15, 0.2) is 0 Å². The predicted octanol–water partition coefficient (Wildman–Crippen LogP) is 2.44. The second kappa shape index (κ2) is 3.38. The first kappa shape index (κ1) is 9.44. The zero-order chi connectivity index (χ0) is 9.30. The number of halogens is 2. The molecule has 0 aromatic heterocycles. The van der Waals surface area contributed by atoms with Gasteiger partial charge in [-0.2, -0.15) is 0 Å². The van der Waals surface area contributed by atoms with Gasteiger partial charge in [-0.15, -0.1) is 0 Å². The summed E-state index contributed by atoms with van der Waals surface area (Å²) in [5.41, 5.74) is 0.114. The fourth-order valence-corrected chi connectivity index (χ4v) is 1.50. The molecule has 0 saturated heterocycles. The van der Waals surface area contributed by atoms with Crippen molar-refractivity contribution in [1.29, 1.82) is 0 Å². The third-order valence-electron chi connectivity index (χ3n) is 1.50. The molecular weight excluding hydrogens is 274 g/mol. The van der Waals surface area contributed by atoms with Crippen LogP contribution in [0.1, 0.15) is 15.9 Å². The SMILES string of the molecule is Cc1ccc(I)c(C(=O)O)c1F. The van der Waals surface area contributed by atoms with Crippen LogP contribution in [-0.2, 0) is 0 Å². The van der Waals surface area contributed by atoms with Gasteiger partial charge in [-0.1, -0.05) is 6.07 Å². The van der Waals surface area contributed by atoms with E-state index in [0.29, 0.717) is 9.13 Å². The van der Waals surface area contributed by atoms with Crippen molar-refractivity contribution in [3.05, 3.63) is 32.6 Å². The summed E-state index contributed by atoms with van der Waals surface area (Å²) in [6.45, 7) is 1.54. The van der Waals surface area contributed by atoms with Crippen LogP contribution in [0.5, 0.6) is 0 Å². The highest BCUT2D eigenvalue weighted by atomic mass is 127. The number of aromatic carboxylic acids is 1. The highest BCUT2D eigenvalue weighted by Gasteiger charge is 2.15. The van der Waals surface area contributed by atoms with Crippen LogP contribution in [0.2, 0.25) is 0 Å². The number of hydrogen-bond acceptors (Lipinski definition) is 1. The Morgan fingerprint density at radius 1 is 1.58 bits per heavy atom. The lowest BCUT2D eigenvalue weighted by Crippen LogP contribution is -2.04. The molecule has 0 heterocycles. The third-order valence-corrected chi connectivity index (χ3v) is 2.40. The van der Waals surface area contributed by atoms with Gasteiger partial charge in [0.25, 0.3) is 0 Å². The number of rotatable bonds is 1. The first-order valence-electron chi connectivity index (χ1n) is 3.22. The van der Waals surface area contributed by atoms with E-state index in [2.05, 4.69) is 0 Å². The lowest BCUT2D eigenvalue weighted by Gasteiger charge is -2.02. The topological polar surface area (TPSA) is 37.3 Å². The van der Waals surface area contributed by atoms with E-state index < -0.39 is 11.8 Å². The molecule has 64 valence electrons. The Hall–Kier alpha value is -0.650. The van der Waals surface area contributed by atoms with Crippen molar-refractivity contribution >= 4 is 28.6 Å². The van der Waals surface area contributed by atoms with Crippen LogP contribution >= 0.6 is 22.6 Å². The van der Waals surface area contributed by atoms with Crippen molar-refractivity contribution in [3.63, 3.8) is 0 Å². The highest BCUT2D eigenvalue weighted by molar-refractivity contribution is 14.1. The van der Waals surface area contributed by atoms with Crippen LogP contribution < -0.4 is 0 Å². The van der Waals surface area contributed by atoms with E-state index in [9.17, 15) is 9.18 Å². The van der Waals surface area contributed by atoms with Crippen molar-refractivity contribution < 1.29 is 14.3 Å². The van der Waals surface area contributed by atoms with Crippen LogP contribution in [0, 0.1) is 16.3 Å². The molecule has 0 bridgehead atoms. The summed E-state index contributed by atoms with van der Waals surface area (Å²) in [5.74, 6) is -1.87. The minimum atomic E-state index is -1.22. The minimum Gasteiger partial charge on any atom is -0.478 e. The van der Waals surface area contributed by atoms with Crippen LogP contribution in [0.15, 0.2) is 12.1 Å². The fourth-order valence-electron chi connectivity index (χ4n) is 0.853. The summed E-state index contributed by atoms with van der Waals surface area (Å²) in [6, 6.07) is 3.14. The van der Waals surface area contributed by atoms with E-state index in [0.717, 1.165) is 0 Å². The van der Waals surface area contributed by atoms with Gasteiger partial charge in [0, 0.05) is 3.57 Å². The van der Waals surface area contributed by atoms with Gasteiger partial charge in [-0.05, 0) is 41.1 Å². The van der Waals surface area contributed by atoms with Gasteiger partial charge in [0.2, 0.25) is 0 Å². The van der Waals surface area contributed by atoms with E-state index in [1.165, 1.54) is 6.92 Å². The maximum atomic E-state index is 13.1. The zero-order valence-corrected chi connectivity index (χ0v) is 8.42. The summed E-state index contributed by atoms with van der Waals surface area (Å²) in [6.07, 6.45) is 0. The highest BCUT2D eigenvalue weighted by Crippen LogP contribution is 2.18. The largest absolute Gasteiger partial charge is 0.478 e. The Balaban J connectivity index is 3.43. The van der Waals surface area contributed by atoms with Gasteiger partial charge in [0.1, 0.15) is 11.4 Å². The average Bonchev–Trinajstić information content (AvgIpc) is 1.97. The second-order valence-corrected chi connectivity index (χ2v) is 3.52. The van der Waals surface area contributed by atoms with Crippen molar-refractivity contribution in [2.24, 2.45) is 0 Å². The molecule has 1 aromatic carbocycles. The predicted molar refractivity (Wildman–Crippen MR) is 50.8 cm³/mol. The van der Waals surface area contributed by atoms with E-state index in [1.807, 2.05) is 0 Å². The van der Waals surface area contributed by atoms with Crippen LogP contribution in [0.3, 0.4) is 0 Å². The Labute approximate surface area is 82.5 Å². The molecule has 0 amide bonds. The van der Waals surface area contributed by atoms with Crippen molar-refractivity contribution in [2.75, 3.05) is 0 Å². The molecule has 1 N–H and O–H groups in total. The van der Waals surface area contributed by atoms with Gasteiger partial charge in [0.05, 0.1) is 0 Å². The molecule has 12 heavy (non-hydrogen) atoms. The normalized spacial score (nSPS) is 9.92. The molecule has 0 saturated carbocycles. The van der Waals surface area contributed by atoms with Gasteiger partial charge < -0.3 is 5.11 Å². The van der Waals surface area contributed by atoms with E-state index in [-0.39, 0.29) is 5.56 Å². The van der Waals surface area contributed by atoms with Gasteiger partial charge in [-0.25, -0.2) is 9.18 Å². The van der Waals surface area contributed by atoms with Gasteiger partial charge >= 0.3 is 5.97 Å². The molecule has 0 unspecified atom stereocenters. The second-order valence-electron chi connectivity index (χ2n) is 2.36. The Kier molecular flexibility index (Phi) is 2.66. The van der Waals surface area contributed by atoms with Crippen molar-refractivity contribution in [1.82, 2.24) is 0 Å². The first-order valence-corrected chi connectivity index (χ1v) is 4.30. The molecule has 1 rings (SSSR count). The summed E-state index contributed by atoms with van der Waals surface area (Å²) in [4.78, 5) is 10.6. The maximum Gasteiger partial charge on any atom is 0.339 e. The molecule has 1 aromatic rings. The number of aryl methyl sites for hydroxylation is 1. The smallest absolute Gasteiger partial charge is 0.339 e. The molecule has 4 heteroatoms. The zero-order valence-electron chi connectivity index (χ0n) is 6.27.